The van der Waals surface area contributed by atoms with E-state index in [0.29, 0.717) is 30.6 Å². The van der Waals surface area contributed by atoms with Gasteiger partial charge in [0, 0.05) is 19.6 Å². The van der Waals surface area contributed by atoms with E-state index in [1.807, 2.05) is 6.92 Å². The van der Waals surface area contributed by atoms with Crippen LogP contribution in [0.3, 0.4) is 0 Å². The maximum absolute atomic E-state index is 12.2. The predicted octanol–water partition coefficient (Wildman–Crippen LogP) is 4.06. The van der Waals surface area contributed by atoms with Crippen molar-refractivity contribution in [2.75, 3.05) is 13.2 Å². The minimum atomic E-state index is -0.284. The average Bonchev–Trinajstić information content (AvgIpc) is 2.97. The summed E-state index contributed by atoms with van der Waals surface area (Å²) in [6.07, 6.45) is 8.24. The van der Waals surface area contributed by atoms with Gasteiger partial charge in [0.1, 0.15) is 0 Å². The second-order valence-corrected chi connectivity index (χ2v) is 10.3. The predicted molar refractivity (Wildman–Crippen MR) is 113 cm³/mol. The Kier molecular flexibility index (Phi) is 6.61. The summed E-state index contributed by atoms with van der Waals surface area (Å²) < 4.78 is 0. The Morgan fingerprint density at radius 3 is 2.64 bits per heavy atom. The molecule has 0 aliphatic heterocycles. The summed E-state index contributed by atoms with van der Waals surface area (Å²) in [6.45, 7) is 12.1. The van der Waals surface area contributed by atoms with E-state index < -0.39 is 0 Å². The summed E-state index contributed by atoms with van der Waals surface area (Å²) in [5.74, 6) is 1.76. The lowest BCUT2D eigenvalue weighted by Gasteiger charge is -2.56. The zero-order chi connectivity index (χ0) is 20.5. The van der Waals surface area contributed by atoms with E-state index >= 15 is 0 Å². The van der Waals surface area contributed by atoms with Crippen molar-refractivity contribution < 1.29 is 15.0 Å². The molecular formula is C24H41NO3. The van der Waals surface area contributed by atoms with Crippen molar-refractivity contribution in [2.45, 2.75) is 84.7 Å². The van der Waals surface area contributed by atoms with Gasteiger partial charge >= 0.3 is 0 Å². The zero-order valence-corrected chi connectivity index (χ0v) is 18.2. The molecule has 0 unspecified atom stereocenters. The van der Waals surface area contributed by atoms with Gasteiger partial charge in [-0.25, -0.2) is 0 Å². The van der Waals surface area contributed by atoms with E-state index in [1.165, 1.54) is 12.0 Å². The van der Waals surface area contributed by atoms with Crippen molar-refractivity contribution in [3.63, 3.8) is 0 Å². The van der Waals surface area contributed by atoms with Crippen LogP contribution in [-0.2, 0) is 4.79 Å². The highest BCUT2D eigenvalue weighted by Crippen LogP contribution is 2.63. The topological polar surface area (TPSA) is 69.6 Å². The van der Waals surface area contributed by atoms with Crippen LogP contribution in [-0.4, -0.2) is 35.4 Å². The second kappa shape index (κ2) is 8.47. The fourth-order valence-corrected chi connectivity index (χ4v) is 7.01. The monoisotopic (exact) mass is 391 g/mol. The maximum atomic E-state index is 12.2. The van der Waals surface area contributed by atoms with Crippen LogP contribution >= 0.6 is 0 Å². The van der Waals surface area contributed by atoms with Crippen LogP contribution < -0.4 is 5.32 Å². The molecule has 3 N–H and O–H groups in total. The SMILES string of the molecule is C=C1CC[C@H]2[C@H](CNC(=O)CCC)[C@@H]([C@]3(C)CC[C@H](O)C[C@@H]3CO)CC[C@]12C. The molecule has 0 saturated heterocycles. The lowest BCUT2D eigenvalue weighted by Crippen LogP contribution is -2.53. The molecule has 28 heavy (non-hydrogen) atoms. The Labute approximate surface area is 171 Å². The van der Waals surface area contributed by atoms with E-state index in [1.54, 1.807) is 0 Å². The second-order valence-electron chi connectivity index (χ2n) is 10.3. The van der Waals surface area contributed by atoms with E-state index in [0.717, 1.165) is 45.1 Å². The highest BCUT2D eigenvalue weighted by molar-refractivity contribution is 5.75. The molecule has 3 saturated carbocycles. The van der Waals surface area contributed by atoms with Crippen LogP contribution in [0.5, 0.6) is 0 Å². The van der Waals surface area contributed by atoms with Crippen LogP contribution in [0.25, 0.3) is 0 Å². The molecule has 0 radical (unpaired) electrons. The van der Waals surface area contributed by atoms with Crippen molar-refractivity contribution in [2.24, 2.45) is 34.5 Å². The number of carbonyl (C=O) groups excluding carboxylic acids is 1. The number of amides is 1. The summed E-state index contributed by atoms with van der Waals surface area (Å²) in [5.41, 5.74) is 1.61. The van der Waals surface area contributed by atoms with Crippen LogP contribution in [0.1, 0.15) is 78.6 Å². The molecule has 160 valence electrons. The molecule has 3 aliphatic carbocycles. The van der Waals surface area contributed by atoms with E-state index in [9.17, 15) is 15.0 Å². The van der Waals surface area contributed by atoms with Crippen LogP contribution in [0, 0.1) is 34.5 Å². The highest BCUT2D eigenvalue weighted by atomic mass is 16.3. The molecule has 0 bridgehead atoms. The smallest absolute Gasteiger partial charge is 0.219 e. The Balaban J connectivity index is 1.87. The Morgan fingerprint density at radius 2 is 1.96 bits per heavy atom. The first-order valence-corrected chi connectivity index (χ1v) is 11.5. The highest BCUT2D eigenvalue weighted by Gasteiger charge is 2.56. The Morgan fingerprint density at radius 1 is 1.21 bits per heavy atom. The summed E-state index contributed by atoms with van der Waals surface area (Å²) in [4.78, 5) is 12.2. The van der Waals surface area contributed by atoms with Crippen LogP contribution in [0.2, 0.25) is 0 Å². The number of carbonyl (C=O) groups is 1. The fraction of sp³-hybridized carbons (Fsp3) is 0.875. The molecule has 0 heterocycles. The van der Waals surface area contributed by atoms with E-state index in [2.05, 4.69) is 25.7 Å². The van der Waals surface area contributed by atoms with Gasteiger partial charge in [-0.15, -0.1) is 0 Å². The number of allylic oxidation sites excluding steroid dienone is 1. The first-order valence-electron chi connectivity index (χ1n) is 11.5. The molecule has 0 spiro atoms. The molecule has 4 nitrogen and oxygen atoms in total. The summed E-state index contributed by atoms with van der Waals surface area (Å²) in [7, 11) is 0. The standard InChI is InChI=1S/C24H41NO3/c1-5-6-22(28)25-14-19-20-8-7-16(2)23(20,3)12-10-21(19)24(4)11-9-18(27)13-17(24)15-26/h17-21,26-27H,2,5-15H2,1,3-4H3,(H,25,28)/t17-,18+,19+,20+,21+,23-,24-/m1/s1. The maximum Gasteiger partial charge on any atom is 0.219 e. The van der Waals surface area contributed by atoms with Crippen LogP contribution in [0.15, 0.2) is 12.2 Å². The summed E-state index contributed by atoms with van der Waals surface area (Å²) in [6, 6.07) is 0. The van der Waals surface area contributed by atoms with Crippen molar-refractivity contribution in [1.82, 2.24) is 5.32 Å². The van der Waals surface area contributed by atoms with Gasteiger partial charge in [0.25, 0.3) is 0 Å². The van der Waals surface area contributed by atoms with E-state index in [-0.39, 0.29) is 35.4 Å². The van der Waals surface area contributed by atoms with E-state index in [4.69, 9.17) is 0 Å². The minimum Gasteiger partial charge on any atom is -0.396 e. The van der Waals surface area contributed by atoms with Gasteiger partial charge in [0.05, 0.1) is 6.10 Å². The molecular weight excluding hydrogens is 350 g/mol. The van der Waals surface area contributed by atoms with Gasteiger partial charge in [-0.05, 0) is 85.9 Å². The lowest BCUT2D eigenvalue weighted by molar-refractivity contribution is -0.123. The van der Waals surface area contributed by atoms with Crippen molar-refractivity contribution in [3.8, 4) is 0 Å². The van der Waals surface area contributed by atoms with Crippen molar-refractivity contribution in [1.29, 1.82) is 0 Å². The van der Waals surface area contributed by atoms with Crippen molar-refractivity contribution in [3.05, 3.63) is 12.2 Å². The third kappa shape index (κ3) is 3.79. The number of rotatable bonds is 6. The largest absolute Gasteiger partial charge is 0.396 e. The number of hydrogen-bond donors (Lipinski definition) is 3. The first-order chi connectivity index (χ1) is 13.3. The molecule has 4 heteroatoms. The fourth-order valence-electron chi connectivity index (χ4n) is 7.01. The molecule has 7 atom stereocenters. The molecule has 0 aromatic rings. The average molecular weight is 392 g/mol. The normalized spacial score (nSPS) is 43.6. The van der Waals surface area contributed by atoms with Gasteiger partial charge in [-0.1, -0.05) is 32.9 Å². The Hall–Kier alpha value is -0.870. The number of nitrogens with one attached hydrogen (secondary N) is 1. The Bertz CT molecular complexity index is 590. The third-order valence-electron chi connectivity index (χ3n) is 8.98. The quantitative estimate of drug-likeness (QED) is 0.598. The first kappa shape index (κ1) is 21.8. The molecule has 0 aromatic heterocycles. The molecule has 3 aliphatic rings. The molecule has 3 rings (SSSR count). The number of aliphatic hydroxyl groups excluding tert-OH is 2. The third-order valence-corrected chi connectivity index (χ3v) is 8.98. The van der Waals surface area contributed by atoms with Gasteiger partial charge in [0.15, 0.2) is 0 Å². The van der Waals surface area contributed by atoms with Crippen molar-refractivity contribution >= 4 is 5.91 Å². The zero-order valence-electron chi connectivity index (χ0n) is 18.2. The van der Waals surface area contributed by atoms with Gasteiger partial charge in [0.2, 0.25) is 5.91 Å². The lowest BCUT2D eigenvalue weighted by atomic mass is 9.49. The number of fused-ring (bicyclic) bond motifs is 1. The summed E-state index contributed by atoms with van der Waals surface area (Å²) in [5, 5.41) is 23.6. The van der Waals surface area contributed by atoms with Gasteiger partial charge in [-0.3, -0.25) is 4.79 Å². The van der Waals surface area contributed by atoms with Gasteiger partial charge in [-0.2, -0.15) is 0 Å². The number of aliphatic hydroxyl groups is 2. The molecule has 0 aromatic carbocycles. The minimum absolute atomic E-state index is 0.0272. The van der Waals surface area contributed by atoms with Gasteiger partial charge < -0.3 is 15.5 Å². The molecule has 3 fully saturated rings. The number of hydrogen-bond acceptors (Lipinski definition) is 3. The summed E-state index contributed by atoms with van der Waals surface area (Å²) >= 11 is 0. The van der Waals surface area contributed by atoms with Crippen LogP contribution in [0.4, 0.5) is 0 Å². The molecule has 1 amide bonds.